The first kappa shape index (κ1) is 18.7. The molecule has 1 atom stereocenters. The number of hydrogen-bond donors (Lipinski definition) is 2. The number of ether oxygens (including phenoxy) is 2. The third kappa shape index (κ3) is 3.21. The molecule has 0 saturated heterocycles. The number of primary amides is 1. The van der Waals surface area contributed by atoms with Crippen LogP contribution in [-0.4, -0.2) is 33.2 Å². The lowest BCUT2D eigenvalue weighted by molar-refractivity contribution is -0.123. The molecule has 1 aliphatic heterocycles. The monoisotopic (exact) mass is 423 g/mol. The van der Waals surface area contributed by atoms with Crippen LogP contribution in [0.2, 0.25) is 0 Å². The van der Waals surface area contributed by atoms with Gasteiger partial charge >= 0.3 is 0 Å². The first-order chi connectivity index (χ1) is 14.5. The van der Waals surface area contributed by atoms with Gasteiger partial charge < -0.3 is 25.5 Å². The molecule has 0 spiro atoms. The van der Waals surface area contributed by atoms with Crippen LogP contribution in [0.5, 0.6) is 11.5 Å². The molecule has 3 heterocycles. The van der Waals surface area contributed by atoms with E-state index in [9.17, 15) is 4.79 Å². The van der Waals surface area contributed by atoms with E-state index in [1.54, 1.807) is 13.0 Å². The summed E-state index contributed by atoms with van der Waals surface area (Å²) in [6, 6.07) is 9.70. The van der Waals surface area contributed by atoms with Gasteiger partial charge in [-0.25, -0.2) is 9.97 Å². The van der Waals surface area contributed by atoms with Crippen molar-refractivity contribution in [3.05, 3.63) is 30.3 Å². The molecule has 0 saturated carbocycles. The molecule has 4 N–H and O–H groups in total. The standard InChI is InChI=1S/C21H21N5O3S/c1-11(19(22)27)29-13-9-15-18-16(10-13)28-7-3-2-6-26(18)20(24-15)12-4-5-17-14(8-12)25-21(23)30-17/h4-5,8-11H,2-3,6-7H2,1H3,(H2,22,27)(H2,23,25)/t11-/m0/s1. The normalized spacial score (nSPS) is 14.8. The zero-order valence-corrected chi connectivity index (χ0v) is 17.2. The molecular weight excluding hydrogens is 402 g/mol. The van der Waals surface area contributed by atoms with Crippen LogP contribution in [-0.2, 0) is 11.3 Å². The van der Waals surface area contributed by atoms with E-state index in [2.05, 4.69) is 9.55 Å². The van der Waals surface area contributed by atoms with Crippen molar-refractivity contribution in [2.75, 3.05) is 12.3 Å². The summed E-state index contributed by atoms with van der Waals surface area (Å²) in [5.74, 6) is 1.51. The molecule has 154 valence electrons. The molecule has 8 nitrogen and oxygen atoms in total. The van der Waals surface area contributed by atoms with Gasteiger partial charge in [0.1, 0.15) is 22.8 Å². The van der Waals surface area contributed by atoms with E-state index < -0.39 is 12.0 Å². The predicted molar refractivity (Wildman–Crippen MR) is 117 cm³/mol. The SMILES string of the molecule is C[C@H](Oc1cc2c3c(c1)nc(-c1ccc4sc(N)nc4c1)n3CCCCO2)C(N)=O. The minimum absolute atomic E-state index is 0.503. The number of nitrogens with zero attached hydrogens (tertiary/aromatic N) is 3. The number of benzene rings is 2. The van der Waals surface area contributed by atoms with Gasteiger partial charge in [-0.05, 0) is 38.0 Å². The number of thiazole rings is 1. The van der Waals surface area contributed by atoms with Crippen LogP contribution in [0.25, 0.3) is 32.6 Å². The maximum Gasteiger partial charge on any atom is 0.258 e. The average Bonchev–Trinajstić information content (AvgIpc) is 3.24. The van der Waals surface area contributed by atoms with Gasteiger partial charge in [0.25, 0.3) is 5.91 Å². The fourth-order valence-electron chi connectivity index (χ4n) is 3.72. The molecule has 0 aliphatic carbocycles. The van der Waals surface area contributed by atoms with Crippen molar-refractivity contribution in [2.24, 2.45) is 5.73 Å². The van der Waals surface area contributed by atoms with Crippen molar-refractivity contribution >= 4 is 43.6 Å². The number of aromatic nitrogens is 3. The summed E-state index contributed by atoms with van der Waals surface area (Å²) in [4.78, 5) is 20.7. The van der Waals surface area contributed by atoms with Crippen molar-refractivity contribution in [2.45, 2.75) is 32.4 Å². The summed E-state index contributed by atoms with van der Waals surface area (Å²) in [5, 5.41) is 0.547. The quantitative estimate of drug-likeness (QED) is 0.520. The van der Waals surface area contributed by atoms with Crippen molar-refractivity contribution in [3.63, 3.8) is 0 Å². The molecule has 30 heavy (non-hydrogen) atoms. The Morgan fingerprint density at radius 3 is 2.93 bits per heavy atom. The van der Waals surface area contributed by atoms with Crippen molar-refractivity contribution in [1.82, 2.24) is 14.5 Å². The van der Waals surface area contributed by atoms with Crippen LogP contribution < -0.4 is 20.9 Å². The number of carbonyl (C=O) groups excluding carboxylic acids is 1. The maximum absolute atomic E-state index is 11.4. The molecular formula is C21H21N5O3S. The first-order valence-electron chi connectivity index (χ1n) is 9.79. The van der Waals surface area contributed by atoms with Gasteiger partial charge in [0.15, 0.2) is 11.2 Å². The van der Waals surface area contributed by atoms with Gasteiger partial charge in [-0.2, -0.15) is 0 Å². The summed E-state index contributed by atoms with van der Waals surface area (Å²) in [7, 11) is 0. The fourth-order valence-corrected chi connectivity index (χ4v) is 4.44. The molecule has 0 radical (unpaired) electrons. The van der Waals surface area contributed by atoms with Gasteiger partial charge in [-0.1, -0.05) is 11.3 Å². The second-order valence-electron chi connectivity index (χ2n) is 7.33. The molecule has 1 amide bonds. The Kier molecular flexibility index (Phi) is 4.47. The Labute approximate surface area is 176 Å². The van der Waals surface area contributed by atoms with E-state index in [1.165, 1.54) is 11.3 Å². The van der Waals surface area contributed by atoms with E-state index in [1.807, 2.05) is 24.3 Å². The van der Waals surface area contributed by atoms with Crippen LogP contribution in [0.15, 0.2) is 30.3 Å². The van der Waals surface area contributed by atoms with Crippen molar-refractivity contribution in [3.8, 4) is 22.9 Å². The predicted octanol–water partition coefficient (Wildman–Crippen LogP) is 3.32. The third-order valence-corrected chi connectivity index (χ3v) is 6.06. The zero-order valence-electron chi connectivity index (χ0n) is 16.4. The number of nitrogen functional groups attached to an aromatic ring is 1. The van der Waals surface area contributed by atoms with Gasteiger partial charge in [-0.3, -0.25) is 4.79 Å². The molecule has 5 rings (SSSR count). The number of imidazole rings is 1. The second kappa shape index (κ2) is 7.17. The van der Waals surface area contributed by atoms with Gasteiger partial charge in [0.05, 0.1) is 22.3 Å². The molecule has 2 aromatic heterocycles. The Morgan fingerprint density at radius 2 is 2.10 bits per heavy atom. The Hall–Kier alpha value is -3.33. The van der Waals surface area contributed by atoms with E-state index in [0.717, 1.165) is 52.0 Å². The summed E-state index contributed by atoms with van der Waals surface area (Å²) >= 11 is 1.47. The van der Waals surface area contributed by atoms with Crippen LogP contribution in [0.3, 0.4) is 0 Å². The van der Waals surface area contributed by atoms with Crippen molar-refractivity contribution < 1.29 is 14.3 Å². The lowest BCUT2D eigenvalue weighted by atomic mass is 10.2. The number of rotatable bonds is 4. The minimum Gasteiger partial charge on any atom is -0.491 e. The molecule has 0 fully saturated rings. The second-order valence-corrected chi connectivity index (χ2v) is 8.39. The van der Waals surface area contributed by atoms with Crippen LogP contribution in [0.1, 0.15) is 19.8 Å². The number of fused-ring (bicyclic) bond motifs is 1. The number of nitrogens with two attached hydrogens (primary N) is 2. The molecule has 0 bridgehead atoms. The first-order valence-corrected chi connectivity index (χ1v) is 10.6. The molecule has 9 heteroatoms. The van der Waals surface area contributed by atoms with Gasteiger partial charge in [0.2, 0.25) is 0 Å². The molecule has 4 aromatic rings. The van der Waals surface area contributed by atoms with E-state index >= 15 is 0 Å². The highest BCUT2D eigenvalue weighted by Crippen LogP contribution is 2.37. The Balaban J connectivity index is 1.68. The smallest absolute Gasteiger partial charge is 0.258 e. The minimum atomic E-state index is -0.748. The fraction of sp³-hybridized carbons (Fsp3) is 0.286. The number of hydrogen-bond acceptors (Lipinski definition) is 7. The highest BCUT2D eigenvalue weighted by molar-refractivity contribution is 7.22. The van der Waals surface area contributed by atoms with Crippen molar-refractivity contribution in [1.29, 1.82) is 0 Å². The maximum atomic E-state index is 11.4. The summed E-state index contributed by atoms with van der Waals surface area (Å²) < 4.78 is 15.0. The summed E-state index contributed by atoms with van der Waals surface area (Å²) in [6.07, 6.45) is 1.17. The largest absolute Gasteiger partial charge is 0.491 e. The van der Waals surface area contributed by atoms with Crippen LogP contribution in [0, 0.1) is 0 Å². The highest BCUT2D eigenvalue weighted by atomic mass is 32.1. The van der Waals surface area contributed by atoms with Gasteiger partial charge in [-0.15, -0.1) is 0 Å². The number of anilines is 1. The highest BCUT2D eigenvalue weighted by Gasteiger charge is 2.21. The number of aryl methyl sites for hydroxylation is 1. The molecule has 2 aromatic carbocycles. The molecule has 1 aliphatic rings. The lowest BCUT2D eigenvalue weighted by Gasteiger charge is -2.18. The summed E-state index contributed by atoms with van der Waals surface area (Å²) in [6.45, 7) is 3.07. The van der Waals surface area contributed by atoms with Crippen LogP contribution >= 0.6 is 11.3 Å². The number of carbonyl (C=O) groups is 1. The Morgan fingerprint density at radius 1 is 1.23 bits per heavy atom. The molecule has 0 unspecified atom stereocenters. The van der Waals surface area contributed by atoms with Gasteiger partial charge in [0, 0.05) is 24.2 Å². The number of amides is 1. The Bertz CT molecular complexity index is 1280. The zero-order chi connectivity index (χ0) is 20.8. The average molecular weight is 423 g/mol. The van der Waals surface area contributed by atoms with E-state index in [0.29, 0.717) is 23.2 Å². The topological polar surface area (TPSA) is 118 Å². The third-order valence-electron chi connectivity index (χ3n) is 5.19. The van der Waals surface area contributed by atoms with E-state index in [4.69, 9.17) is 25.9 Å². The summed E-state index contributed by atoms with van der Waals surface area (Å²) in [5.41, 5.74) is 14.7. The lowest BCUT2D eigenvalue weighted by Crippen LogP contribution is -2.30. The van der Waals surface area contributed by atoms with Crippen LogP contribution in [0.4, 0.5) is 5.13 Å². The van der Waals surface area contributed by atoms with E-state index in [-0.39, 0.29) is 0 Å².